The molecule has 2 saturated heterocycles. The fourth-order valence-corrected chi connectivity index (χ4v) is 4.03. The molecule has 128 valence electrons. The molecule has 2 aromatic rings. The van der Waals surface area contributed by atoms with Crippen LogP contribution in [0.25, 0.3) is 11.2 Å². The first-order valence-electron chi connectivity index (χ1n) is 9.05. The average molecular weight is 327 g/mol. The molecule has 0 spiro atoms. The molecule has 4 rings (SSSR count). The molecule has 2 aliphatic rings. The second-order valence-corrected chi connectivity index (χ2v) is 6.99. The Balaban J connectivity index is 1.53. The maximum Gasteiger partial charge on any atom is 0.227 e. The van der Waals surface area contributed by atoms with Crippen LogP contribution in [0.15, 0.2) is 18.3 Å². The first-order chi connectivity index (χ1) is 11.7. The molecule has 1 amide bonds. The lowest BCUT2D eigenvalue weighted by molar-refractivity contribution is -0.136. The van der Waals surface area contributed by atoms with Crippen molar-refractivity contribution < 1.29 is 4.79 Å². The second kappa shape index (κ2) is 6.42. The minimum Gasteiger partial charge on any atom is -0.342 e. The molecular weight excluding hydrogens is 302 g/mol. The Morgan fingerprint density at radius 1 is 1.17 bits per heavy atom. The number of anilines is 1. The van der Waals surface area contributed by atoms with Crippen LogP contribution >= 0.6 is 0 Å². The van der Waals surface area contributed by atoms with Crippen molar-refractivity contribution in [1.82, 2.24) is 19.4 Å². The van der Waals surface area contributed by atoms with E-state index in [9.17, 15) is 4.79 Å². The molecule has 0 aromatic carbocycles. The Morgan fingerprint density at radius 3 is 2.79 bits per heavy atom. The SMILES string of the molecule is Cn1c(N2CCCC(C(=O)N3CCCCC3)C2)nc2cccnc21. The van der Waals surface area contributed by atoms with Crippen LogP contribution in [-0.2, 0) is 11.8 Å². The zero-order valence-corrected chi connectivity index (χ0v) is 14.3. The van der Waals surface area contributed by atoms with Gasteiger partial charge >= 0.3 is 0 Å². The predicted molar refractivity (Wildman–Crippen MR) is 93.9 cm³/mol. The van der Waals surface area contributed by atoms with E-state index in [1.54, 1.807) is 6.20 Å². The summed E-state index contributed by atoms with van der Waals surface area (Å²) in [5, 5.41) is 0. The largest absolute Gasteiger partial charge is 0.342 e. The number of aryl methyl sites for hydroxylation is 1. The van der Waals surface area contributed by atoms with Crippen molar-refractivity contribution in [3.05, 3.63) is 18.3 Å². The number of carbonyl (C=O) groups excluding carboxylic acids is 1. The highest BCUT2D eigenvalue weighted by molar-refractivity contribution is 5.80. The van der Waals surface area contributed by atoms with Crippen molar-refractivity contribution in [2.75, 3.05) is 31.1 Å². The van der Waals surface area contributed by atoms with Gasteiger partial charge in [0.05, 0.1) is 5.92 Å². The van der Waals surface area contributed by atoms with Gasteiger partial charge in [0.25, 0.3) is 0 Å². The van der Waals surface area contributed by atoms with Crippen molar-refractivity contribution >= 4 is 23.0 Å². The van der Waals surface area contributed by atoms with Crippen molar-refractivity contribution in [2.24, 2.45) is 13.0 Å². The van der Waals surface area contributed by atoms with Gasteiger partial charge in [0.1, 0.15) is 5.52 Å². The monoisotopic (exact) mass is 327 g/mol. The third-order valence-corrected chi connectivity index (χ3v) is 5.33. The lowest BCUT2D eigenvalue weighted by Gasteiger charge is -2.36. The maximum absolute atomic E-state index is 12.8. The Labute approximate surface area is 142 Å². The van der Waals surface area contributed by atoms with Crippen molar-refractivity contribution in [2.45, 2.75) is 32.1 Å². The van der Waals surface area contributed by atoms with Gasteiger partial charge in [-0.3, -0.25) is 9.36 Å². The standard InChI is InChI=1S/C18H25N5O/c1-21-16-15(8-5-9-19-16)20-18(21)23-12-6-7-14(13-23)17(24)22-10-3-2-4-11-22/h5,8-9,14H,2-4,6-7,10-13H2,1H3. The molecule has 24 heavy (non-hydrogen) atoms. The van der Waals surface area contributed by atoms with Crippen molar-refractivity contribution in [1.29, 1.82) is 0 Å². The van der Waals surface area contributed by atoms with Crippen LogP contribution < -0.4 is 4.90 Å². The maximum atomic E-state index is 12.8. The van der Waals surface area contributed by atoms with Gasteiger partial charge in [-0.25, -0.2) is 9.97 Å². The number of hydrogen-bond donors (Lipinski definition) is 0. The third-order valence-electron chi connectivity index (χ3n) is 5.33. The van der Waals surface area contributed by atoms with Gasteiger partial charge in [-0.2, -0.15) is 0 Å². The van der Waals surface area contributed by atoms with E-state index in [0.717, 1.165) is 69.0 Å². The molecule has 0 radical (unpaired) electrons. The molecule has 6 nitrogen and oxygen atoms in total. The van der Waals surface area contributed by atoms with E-state index in [0.29, 0.717) is 5.91 Å². The van der Waals surface area contributed by atoms with Gasteiger partial charge in [-0.05, 0) is 44.2 Å². The molecular formula is C18H25N5O. The molecule has 1 atom stereocenters. The van der Waals surface area contributed by atoms with E-state index in [-0.39, 0.29) is 5.92 Å². The summed E-state index contributed by atoms with van der Waals surface area (Å²) in [6, 6.07) is 3.91. The predicted octanol–water partition coefficient (Wildman–Crippen LogP) is 2.20. The van der Waals surface area contributed by atoms with E-state index < -0.39 is 0 Å². The van der Waals surface area contributed by atoms with E-state index in [1.165, 1.54) is 6.42 Å². The summed E-state index contributed by atoms with van der Waals surface area (Å²) in [5.74, 6) is 1.38. The van der Waals surface area contributed by atoms with Crippen LogP contribution in [-0.4, -0.2) is 51.5 Å². The zero-order chi connectivity index (χ0) is 16.5. The smallest absolute Gasteiger partial charge is 0.227 e. The molecule has 4 heterocycles. The van der Waals surface area contributed by atoms with Gasteiger partial charge in [0.2, 0.25) is 11.9 Å². The molecule has 0 aliphatic carbocycles. The Hall–Kier alpha value is -2.11. The Bertz CT molecular complexity index is 734. The molecule has 2 aromatic heterocycles. The fourth-order valence-electron chi connectivity index (χ4n) is 4.03. The van der Waals surface area contributed by atoms with E-state index >= 15 is 0 Å². The van der Waals surface area contributed by atoms with Gasteiger partial charge in [-0.15, -0.1) is 0 Å². The second-order valence-electron chi connectivity index (χ2n) is 6.99. The van der Waals surface area contributed by atoms with E-state index in [4.69, 9.17) is 4.98 Å². The summed E-state index contributed by atoms with van der Waals surface area (Å²) in [7, 11) is 2.01. The number of amides is 1. The minimum atomic E-state index is 0.102. The number of imidazole rings is 1. The molecule has 2 fully saturated rings. The number of carbonyl (C=O) groups is 1. The first kappa shape index (κ1) is 15.4. The normalized spacial score (nSPS) is 22.1. The first-order valence-corrected chi connectivity index (χ1v) is 9.05. The van der Waals surface area contributed by atoms with Gasteiger partial charge in [0.15, 0.2) is 5.65 Å². The number of pyridine rings is 1. The van der Waals surface area contributed by atoms with Crippen LogP contribution in [0.1, 0.15) is 32.1 Å². The lowest BCUT2D eigenvalue weighted by atomic mass is 9.95. The molecule has 2 aliphatic heterocycles. The molecule has 0 N–H and O–H groups in total. The van der Waals surface area contributed by atoms with Gasteiger partial charge < -0.3 is 9.80 Å². The number of likely N-dealkylation sites (tertiary alicyclic amines) is 1. The lowest BCUT2D eigenvalue weighted by Crippen LogP contribution is -2.47. The summed E-state index contributed by atoms with van der Waals surface area (Å²) in [5.41, 5.74) is 1.82. The Morgan fingerprint density at radius 2 is 2.00 bits per heavy atom. The van der Waals surface area contributed by atoms with Crippen LogP contribution in [0.4, 0.5) is 5.95 Å². The van der Waals surface area contributed by atoms with Crippen molar-refractivity contribution in [3.8, 4) is 0 Å². The van der Waals surface area contributed by atoms with Crippen LogP contribution in [0.3, 0.4) is 0 Å². The van der Waals surface area contributed by atoms with Gasteiger partial charge in [0, 0.05) is 39.4 Å². The summed E-state index contributed by atoms with van der Waals surface area (Å²) < 4.78 is 2.04. The number of rotatable bonds is 2. The highest BCUT2D eigenvalue weighted by Crippen LogP contribution is 2.26. The van der Waals surface area contributed by atoms with Crippen LogP contribution in [0.2, 0.25) is 0 Å². The number of fused-ring (bicyclic) bond motifs is 1. The minimum absolute atomic E-state index is 0.102. The zero-order valence-electron chi connectivity index (χ0n) is 14.3. The topological polar surface area (TPSA) is 54.3 Å². The number of aromatic nitrogens is 3. The number of hydrogen-bond acceptors (Lipinski definition) is 4. The van der Waals surface area contributed by atoms with Crippen molar-refractivity contribution in [3.63, 3.8) is 0 Å². The highest BCUT2D eigenvalue weighted by Gasteiger charge is 2.31. The molecule has 1 unspecified atom stereocenters. The van der Waals surface area contributed by atoms with Crippen LogP contribution in [0, 0.1) is 5.92 Å². The quantitative estimate of drug-likeness (QED) is 0.848. The van der Waals surface area contributed by atoms with E-state index in [2.05, 4.69) is 14.8 Å². The van der Waals surface area contributed by atoms with Gasteiger partial charge in [-0.1, -0.05) is 0 Å². The highest BCUT2D eigenvalue weighted by atomic mass is 16.2. The average Bonchev–Trinajstić information content (AvgIpc) is 2.99. The summed E-state index contributed by atoms with van der Waals surface area (Å²) in [4.78, 5) is 26.4. The summed E-state index contributed by atoms with van der Waals surface area (Å²) in [6.07, 6.45) is 7.40. The number of nitrogens with zero attached hydrogens (tertiary/aromatic N) is 5. The number of piperidine rings is 2. The molecule has 6 heteroatoms. The van der Waals surface area contributed by atoms with E-state index in [1.807, 2.05) is 23.7 Å². The van der Waals surface area contributed by atoms with Crippen LogP contribution in [0.5, 0.6) is 0 Å². The third kappa shape index (κ3) is 2.74. The Kier molecular flexibility index (Phi) is 4.12. The summed E-state index contributed by atoms with van der Waals surface area (Å²) in [6.45, 7) is 3.60. The summed E-state index contributed by atoms with van der Waals surface area (Å²) >= 11 is 0. The molecule has 0 saturated carbocycles. The molecule has 0 bridgehead atoms. The fraction of sp³-hybridized carbons (Fsp3) is 0.611.